The molecule has 1 aliphatic carbocycles. The number of benzene rings is 1. The number of thioether (sulfide) groups is 1. The maximum absolute atomic E-state index is 6.92. The molecule has 0 aromatic heterocycles. The number of methoxy groups -OCH3 is 2. The van der Waals surface area contributed by atoms with Crippen LogP contribution in [0.15, 0.2) is 30.3 Å². The van der Waals surface area contributed by atoms with Gasteiger partial charge in [0.05, 0.1) is 12.7 Å². The highest BCUT2D eigenvalue weighted by Gasteiger charge is 2.66. The second-order valence-corrected chi connectivity index (χ2v) is 11.1. The van der Waals surface area contributed by atoms with Crippen molar-refractivity contribution in [2.75, 3.05) is 20.0 Å². The average Bonchev–Trinajstić information content (AvgIpc) is 2.83. The lowest BCUT2D eigenvalue weighted by Crippen LogP contribution is -2.74. The van der Waals surface area contributed by atoms with Crippen molar-refractivity contribution >= 4 is 11.8 Å². The third-order valence-corrected chi connectivity index (χ3v) is 8.11. The zero-order chi connectivity index (χ0) is 23.5. The van der Waals surface area contributed by atoms with Gasteiger partial charge < -0.3 is 28.4 Å². The topological polar surface area (TPSA) is 55.4 Å². The zero-order valence-corrected chi connectivity index (χ0v) is 21.5. The number of hydrogen-bond acceptors (Lipinski definition) is 7. The summed E-state index contributed by atoms with van der Waals surface area (Å²) in [7, 11) is 3.40. The summed E-state index contributed by atoms with van der Waals surface area (Å²) in [4.78, 5) is 0. The highest BCUT2D eigenvalue weighted by atomic mass is 32.2. The quantitative estimate of drug-likeness (QED) is 0.485. The Labute approximate surface area is 203 Å². The Bertz CT molecular complexity index is 748. The summed E-state index contributed by atoms with van der Waals surface area (Å²) >= 11 is 1.77. The van der Waals surface area contributed by atoms with Gasteiger partial charge in [0.25, 0.3) is 0 Å². The molecule has 1 aromatic rings. The van der Waals surface area contributed by atoms with Crippen molar-refractivity contribution < 1.29 is 28.4 Å². The van der Waals surface area contributed by atoms with Crippen molar-refractivity contribution in [1.82, 2.24) is 0 Å². The number of rotatable bonds is 9. The molecule has 0 amide bonds. The van der Waals surface area contributed by atoms with Crippen LogP contribution in [0, 0.1) is 5.92 Å². The standard InChI is InChI=1S/C26H40O6S/c1-6-33-24-23(29-17-19-12-8-7-9-13-19)22-21(20(30-24)16-18(2)3)31-25(27-4)14-10-11-15-26(25,28-5)32-22/h7-9,12-13,18,20-24H,6,10-11,14-17H2,1-5H3/t20-,21-,22+,23+,24-,25+,26+/m1/s1. The van der Waals surface area contributed by atoms with Crippen LogP contribution in [-0.2, 0) is 35.0 Å². The molecule has 4 rings (SSSR count). The summed E-state index contributed by atoms with van der Waals surface area (Å²) in [5, 5.41) is 0. The minimum absolute atomic E-state index is 0.0977. The molecule has 33 heavy (non-hydrogen) atoms. The van der Waals surface area contributed by atoms with Gasteiger partial charge >= 0.3 is 0 Å². The van der Waals surface area contributed by atoms with Gasteiger partial charge in [0.2, 0.25) is 11.6 Å². The van der Waals surface area contributed by atoms with Crippen LogP contribution in [0.5, 0.6) is 0 Å². The van der Waals surface area contributed by atoms with Gasteiger partial charge in [-0.25, -0.2) is 0 Å². The third kappa shape index (κ3) is 5.01. The van der Waals surface area contributed by atoms with Crippen molar-refractivity contribution in [2.45, 2.75) is 101 Å². The van der Waals surface area contributed by atoms with Crippen LogP contribution in [0.2, 0.25) is 0 Å². The van der Waals surface area contributed by atoms with Crippen molar-refractivity contribution in [2.24, 2.45) is 5.92 Å². The van der Waals surface area contributed by atoms with E-state index in [4.69, 9.17) is 28.4 Å². The van der Waals surface area contributed by atoms with E-state index in [1.807, 2.05) is 18.2 Å². The molecule has 2 aliphatic heterocycles. The van der Waals surface area contributed by atoms with Gasteiger partial charge in [-0.2, -0.15) is 0 Å². The summed E-state index contributed by atoms with van der Waals surface area (Å²) in [6, 6.07) is 10.2. The van der Waals surface area contributed by atoms with Gasteiger partial charge in [0, 0.05) is 27.1 Å². The van der Waals surface area contributed by atoms with Crippen molar-refractivity contribution in [3.8, 4) is 0 Å². The maximum atomic E-state index is 6.92. The molecule has 0 bridgehead atoms. The van der Waals surface area contributed by atoms with Crippen LogP contribution in [0.25, 0.3) is 0 Å². The molecule has 0 radical (unpaired) electrons. The fourth-order valence-corrected chi connectivity index (χ4v) is 6.47. The summed E-state index contributed by atoms with van der Waals surface area (Å²) in [6.07, 6.45) is 3.39. The molecule has 2 saturated heterocycles. The largest absolute Gasteiger partial charge is 0.367 e. The molecule has 2 heterocycles. The highest BCUT2D eigenvalue weighted by Crippen LogP contribution is 2.52. The van der Waals surface area contributed by atoms with E-state index in [0.29, 0.717) is 12.5 Å². The maximum Gasteiger partial charge on any atom is 0.223 e. The lowest BCUT2D eigenvalue weighted by molar-refractivity contribution is -0.489. The molecule has 3 fully saturated rings. The molecule has 7 heteroatoms. The normalized spacial score (nSPS) is 38.7. The first-order valence-electron chi connectivity index (χ1n) is 12.4. The number of ether oxygens (including phenoxy) is 6. The minimum atomic E-state index is -0.948. The van der Waals surface area contributed by atoms with E-state index in [1.54, 1.807) is 26.0 Å². The Morgan fingerprint density at radius 2 is 1.64 bits per heavy atom. The minimum Gasteiger partial charge on any atom is -0.367 e. The highest BCUT2D eigenvalue weighted by molar-refractivity contribution is 7.99. The van der Waals surface area contributed by atoms with Crippen molar-refractivity contribution in [3.05, 3.63) is 35.9 Å². The summed E-state index contributed by atoms with van der Waals surface area (Å²) in [5.41, 5.74) is 0.987. The predicted octanol–water partition coefficient (Wildman–Crippen LogP) is 5.14. The van der Waals surface area contributed by atoms with Gasteiger partial charge in [-0.05, 0) is 36.5 Å². The van der Waals surface area contributed by atoms with Gasteiger partial charge in [0.1, 0.15) is 23.7 Å². The number of fused-ring (bicyclic) bond motifs is 2. The Morgan fingerprint density at radius 1 is 1.00 bits per heavy atom. The Hall–Kier alpha value is -0.670. The van der Waals surface area contributed by atoms with Gasteiger partial charge in [-0.15, -0.1) is 11.8 Å². The van der Waals surface area contributed by atoms with E-state index in [0.717, 1.165) is 43.4 Å². The Kier molecular flexibility index (Phi) is 8.43. The summed E-state index contributed by atoms with van der Waals surface area (Å²) < 4.78 is 39.1. The first-order valence-corrected chi connectivity index (χ1v) is 13.4. The third-order valence-electron chi connectivity index (χ3n) is 7.07. The average molecular weight is 481 g/mol. The Morgan fingerprint density at radius 3 is 2.21 bits per heavy atom. The van der Waals surface area contributed by atoms with Gasteiger partial charge in [0.15, 0.2) is 0 Å². The molecule has 7 atom stereocenters. The van der Waals surface area contributed by atoms with Crippen LogP contribution >= 0.6 is 11.8 Å². The predicted molar refractivity (Wildman–Crippen MR) is 129 cm³/mol. The zero-order valence-electron chi connectivity index (χ0n) is 20.7. The molecular formula is C26H40O6S. The van der Waals surface area contributed by atoms with Crippen molar-refractivity contribution in [3.63, 3.8) is 0 Å². The van der Waals surface area contributed by atoms with Crippen LogP contribution in [-0.4, -0.2) is 61.4 Å². The fraction of sp³-hybridized carbons (Fsp3) is 0.769. The monoisotopic (exact) mass is 480 g/mol. The summed E-state index contributed by atoms with van der Waals surface area (Å²) in [6.45, 7) is 7.08. The lowest BCUT2D eigenvalue weighted by atomic mass is 9.83. The molecule has 186 valence electrons. The molecule has 0 unspecified atom stereocenters. The van der Waals surface area contributed by atoms with E-state index in [2.05, 4.69) is 32.9 Å². The SMILES string of the molecule is CCS[C@H]1O[C@H](CC(C)C)[C@H]2O[C@@]3(OC)CCCC[C@]3(OC)O[C@@H]2[C@@H]1OCc1ccccc1. The van der Waals surface area contributed by atoms with E-state index in [-0.39, 0.29) is 29.9 Å². The van der Waals surface area contributed by atoms with Gasteiger partial charge in [-0.3, -0.25) is 0 Å². The van der Waals surface area contributed by atoms with E-state index in [9.17, 15) is 0 Å². The van der Waals surface area contributed by atoms with Gasteiger partial charge in [-0.1, -0.05) is 51.1 Å². The molecule has 3 aliphatic rings. The smallest absolute Gasteiger partial charge is 0.223 e. The van der Waals surface area contributed by atoms with Crippen LogP contribution in [0.1, 0.15) is 58.4 Å². The molecule has 1 saturated carbocycles. The van der Waals surface area contributed by atoms with Crippen molar-refractivity contribution in [1.29, 1.82) is 0 Å². The molecule has 6 nitrogen and oxygen atoms in total. The molecular weight excluding hydrogens is 440 g/mol. The molecule has 0 N–H and O–H groups in total. The molecule has 0 spiro atoms. The lowest BCUT2D eigenvalue weighted by Gasteiger charge is -2.60. The molecule has 1 aromatic carbocycles. The van der Waals surface area contributed by atoms with E-state index >= 15 is 0 Å². The van der Waals surface area contributed by atoms with E-state index < -0.39 is 11.6 Å². The van der Waals surface area contributed by atoms with E-state index in [1.165, 1.54) is 0 Å². The van der Waals surface area contributed by atoms with Crippen LogP contribution in [0.4, 0.5) is 0 Å². The second kappa shape index (κ2) is 10.9. The first kappa shape index (κ1) is 25.4. The van der Waals surface area contributed by atoms with Crippen LogP contribution < -0.4 is 0 Å². The second-order valence-electron chi connectivity index (χ2n) is 9.68. The summed E-state index contributed by atoms with van der Waals surface area (Å²) in [5.74, 6) is -0.488. The number of hydrogen-bond donors (Lipinski definition) is 0. The fourth-order valence-electron chi connectivity index (χ4n) is 5.50. The Balaban J connectivity index is 1.67. The van der Waals surface area contributed by atoms with Crippen LogP contribution in [0.3, 0.4) is 0 Å². The first-order chi connectivity index (χ1) is 16.0.